The van der Waals surface area contributed by atoms with Crippen LogP contribution in [0.15, 0.2) is 23.2 Å². The molecule has 0 radical (unpaired) electrons. The Hall–Kier alpha value is -0.970. The summed E-state index contributed by atoms with van der Waals surface area (Å²) in [5, 5.41) is 4.07. The number of nitrogens with two attached hydrogens (primary N) is 1. The van der Waals surface area contributed by atoms with E-state index in [-0.39, 0.29) is 6.04 Å². The Balaban J connectivity index is 2.86. The molecule has 88 valence electrons. The van der Waals surface area contributed by atoms with Crippen LogP contribution in [0.1, 0.15) is 13.8 Å². The molecule has 0 atom stereocenters. The van der Waals surface area contributed by atoms with Gasteiger partial charge in [0.05, 0.1) is 10.7 Å². The number of benzene rings is 1. The van der Waals surface area contributed by atoms with Crippen molar-refractivity contribution in [1.82, 2.24) is 5.43 Å². The van der Waals surface area contributed by atoms with Crippen molar-refractivity contribution in [1.29, 1.82) is 0 Å². The number of hydrogen-bond acceptors (Lipinski definition) is 2. The predicted octanol–water partition coefficient (Wildman–Crippen LogP) is 2.63. The smallest absolute Gasteiger partial charge is 0.210 e. The normalized spacial score (nSPS) is 11.8. The highest BCUT2D eigenvalue weighted by atomic mass is 35.5. The molecule has 0 aliphatic carbocycles. The van der Waals surface area contributed by atoms with Crippen molar-refractivity contribution in [3.63, 3.8) is 0 Å². The Morgan fingerprint density at radius 1 is 1.38 bits per heavy atom. The standard InChI is InChI=1S/C10H14Cl2N4/c1-6(2)14-10(16-13)15-9-4-3-7(11)5-8(9)12/h3-6H,13H2,1-2H3,(H2,14,15,16). The van der Waals surface area contributed by atoms with Crippen molar-refractivity contribution in [3.05, 3.63) is 28.2 Å². The van der Waals surface area contributed by atoms with Gasteiger partial charge < -0.3 is 5.32 Å². The van der Waals surface area contributed by atoms with E-state index in [0.717, 1.165) is 0 Å². The zero-order valence-corrected chi connectivity index (χ0v) is 10.6. The monoisotopic (exact) mass is 260 g/mol. The molecule has 0 heterocycles. The van der Waals surface area contributed by atoms with E-state index in [1.54, 1.807) is 18.2 Å². The predicted molar refractivity (Wildman–Crippen MR) is 70.0 cm³/mol. The van der Waals surface area contributed by atoms with E-state index in [4.69, 9.17) is 29.0 Å². The molecule has 0 saturated carbocycles. The van der Waals surface area contributed by atoms with Crippen LogP contribution in [0.25, 0.3) is 0 Å². The van der Waals surface area contributed by atoms with E-state index in [0.29, 0.717) is 21.7 Å². The zero-order chi connectivity index (χ0) is 12.1. The zero-order valence-electron chi connectivity index (χ0n) is 9.09. The lowest BCUT2D eigenvalue weighted by atomic mass is 10.3. The van der Waals surface area contributed by atoms with E-state index in [1.807, 2.05) is 13.8 Å². The number of hydrazine groups is 1. The van der Waals surface area contributed by atoms with Crippen LogP contribution in [0, 0.1) is 0 Å². The van der Waals surface area contributed by atoms with Crippen LogP contribution in [0.3, 0.4) is 0 Å². The van der Waals surface area contributed by atoms with Crippen LogP contribution in [-0.2, 0) is 0 Å². The number of nitrogens with one attached hydrogen (secondary N) is 2. The SMILES string of the molecule is CC(C)N=C(NN)Nc1ccc(Cl)cc1Cl. The van der Waals surface area contributed by atoms with Crippen molar-refractivity contribution in [3.8, 4) is 0 Å². The van der Waals surface area contributed by atoms with Gasteiger partial charge in [-0.15, -0.1) is 0 Å². The molecule has 0 aliphatic heterocycles. The van der Waals surface area contributed by atoms with E-state index >= 15 is 0 Å². The van der Waals surface area contributed by atoms with Gasteiger partial charge in [0.1, 0.15) is 0 Å². The van der Waals surface area contributed by atoms with E-state index in [1.165, 1.54) is 0 Å². The van der Waals surface area contributed by atoms with Crippen LogP contribution in [-0.4, -0.2) is 12.0 Å². The third-order valence-corrected chi connectivity index (χ3v) is 2.26. The van der Waals surface area contributed by atoms with Crippen molar-refractivity contribution in [2.75, 3.05) is 5.32 Å². The molecule has 1 aromatic rings. The summed E-state index contributed by atoms with van der Waals surface area (Å²) < 4.78 is 0. The number of halogens is 2. The molecule has 0 bridgehead atoms. The maximum atomic E-state index is 6.00. The highest BCUT2D eigenvalue weighted by Gasteiger charge is 2.04. The minimum atomic E-state index is 0.129. The number of nitrogens with zero attached hydrogens (tertiary/aromatic N) is 1. The fraction of sp³-hybridized carbons (Fsp3) is 0.300. The van der Waals surface area contributed by atoms with E-state index in [9.17, 15) is 0 Å². The van der Waals surface area contributed by atoms with Gasteiger partial charge in [-0.2, -0.15) is 0 Å². The number of hydrogen-bond donors (Lipinski definition) is 3. The first-order chi connectivity index (χ1) is 7.52. The fourth-order valence-corrected chi connectivity index (χ4v) is 1.54. The van der Waals surface area contributed by atoms with E-state index < -0.39 is 0 Å². The lowest BCUT2D eigenvalue weighted by Gasteiger charge is -2.11. The second-order valence-electron chi connectivity index (χ2n) is 3.46. The average molecular weight is 261 g/mol. The quantitative estimate of drug-likeness (QED) is 0.332. The first-order valence-corrected chi connectivity index (χ1v) is 5.55. The molecule has 0 fully saturated rings. The number of rotatable bonds is 2. The molecule has 0 aliphatic rings. The van der Waals surface area contributed by atoms with Crippen molar-refractivity contribution >= 4 is 34.8 Å². The Morgan fingerprint density at radius 2 is 2.06 bits per heavy atom. The van der Waals surface area contributed by atoms with Gasteiger partial charge in [0.2, 0.25) is 5.96 Å². The topological polar surface area (TPSA) is 62.4 Å². The summed E-state index contributed by atoms with van der Waals surface area (Å²) in [6.07, 6.45) is 0. The summed E-state index contributed by atoms with van der Waals surface area (Å²) in [4.78, 5) is 4.23. The van der Waals surface area contributed by atoms with Crippen molar-refractivity contribution < 1.29 is 0 Å². The lowest BCUT2D eigenvalue weighted by molar-refractivity contribution is 0.819. The molecule has 0 aromatic heterocycles. The number of guanidine groups is 1. The van der Waals surface area contributed by atoms with Crippen LogP contribution in [0.4, 0.5) is 5.69 Å². The minimum absolute atomic E-state index is 0.129. The number of aliphatic imine (C=N–C) groups is 1. The molecule has 6 heteroatoms. The second kappa shape index (κ2) is 5.94. The van der Waals surface area contributed by atoms with Gasteiger partial charge in [-0.25, -0.2) is 10.8 Å². The summed E-state index contributed by atoms with van der Waals surface area (Å²) in [6.45, 7) is 3.89. The summed E-state index contributed by atoms with van der Waals surface area (Å²) in [6, 6.07) is 5.27. The van der Waals surface area contributed by atoms with Gasteiger partial charge in [0, 0.05) is 11.1 Å². The van der Waals surface area contributed by atoms with Crippen molar-refractivity contribution in [2.24, 2.45) is 10.8 Å². The van der Waals surface area contributed by atoms with Gasteiger partial charge in [-0.3, -0.25) is 5.43 Å². The fourth-order valence-electron chi connectivity index (χ4n) is 1.08. The molecular weight excluding hydrogens is 247 g/mol. The summed E-state index contributed by atoms with van der Waals surface area (Å²) in [7, 11) is 0. The summed E-state index contributed by atoms with van der Waals surface area (Å²) in [5.74, 6) is 5.79. The molecule has 1 rings (SSSR count). The van der Waals surface area contributed by atoms with Gasteiger partial charge in [-0.05, 0) is 32.0 Å². The van der Waals surface area contributed by atoms with Crippen molar-refractivity contribution in [2.45, 2.75) is 19.9 Å². The van der Waals surface area contributed by atoms with Gasteiger partial charge in [0.15, 0.2) is 0 Å². The molecule has 16 heavy (non-hydrogen) atoms. The first-order valence-electron chi connectivity index (χ1n) is 4.79. The molecular formula is C10H14Cl2N4. The molecule has 4 nitrogen and oxygen atoms in total. The molecule has 1 aromatic carbocycles. The average Bonchev–Trinajstić information content (AvgIpc) is 2.20. The third-order valence-electron chi connectivity index (χ3n) is 1.71. The second-order valence-corrected chi connectivity index (χ2v) is 4.31. The third kappa shape index (κ3) is 3.89. The van der Waals surface area contributed by atoms with Gasteiger partial charge in [-0.1, -0.05) is 23.2 Å². The van der Waals surface area contributed by atoms with Crippen LogP contribution >= 0.6 is 23.2 Å². The van der Waals surface area contributed by atoms with Gasteiger partial charge in [0.25, 0.3) is 0 Å². The van der Waals surface area contributed by atoms with Crippen LogP contribution < -0.4 is 16.6 Å². The van der Waals surface area contributed by atoms with Crippen LogP contribution in [0.2, 0.25) is 10.0 Å². The lowest BCUT2D eigenvalue weighted by Crippen LogP contribution is -2.37. The highest BCUT2D eigenvalue weighted by molar-refractivity contribution is 6.36. The Bertz CT molecular complexity index is 390. The maximum Gasteiger partial charge on any atom is 0.210 e. The van der Waals surface area contributed by atoms with E-state index in [2.05, 4.69) is 15.7 Å². The minimum Gasteiger partial charge on any atom is -0.324 e. The summed E-state index contributed by atoms with van der Waals surface area (Å²) in [5.41, 5.74) is 3.17. The van der Waals surface area contributed by atoms with Gasteiger partial charge >= 0.3 is 0 Å². The first kappa shape index (κ1) is 13.1. The molecule has 0 spiro atoms. The molecule has 0 saturated heterocycles. The highest BCUT2D eigenvalue weighted by Crippen LogP contribution is 2.25. The Kier molecular flexibility index (Phi) is 4.86. The molecule has 0 amide bonds. The van der Waals surface area contributed by atoms with Crippen LogP contribution in [0.5, 0.6) is 0 Å². The molecule has 0 unspecified atom stereocenters. The maximum absolute atomic E-state index is 6.00. The summed E-state index contributed by atoms with van der Waals surface area (Å²) >= 11 is 11.8. The molecule has 4 N–H and O–H groups in total. The Labute approximate surface area is 105 Å². The largest absolute Gasteiger partial charge is 0.324 e. The number of anilines is 1. The Morgan fingerprint density at radius 3 is 2.56 bits per heavy atom.